The van der Waals surface area contributed by atoms with Gasteiger partial charge < -0.3 is 10.6 Å². The van der Waals surface area contributed by atoms with Crippen LogP contribution in [-0.2, 0) is 0 Å². The molecule has 0 radical (unpaired) electrons. The first-order valence-corrected chi connectivity index (χ1v) is 8.38. The summed E-state index contributed by atoms with van der Waals surface area (Å²) in [6, 6.07) is 11.4. The van der Waals surface area contributed by atoms with E-state index in [1.165, 1.54) is 0 Å². The smallest absolute Gasteiger partial charge is 0.256 e. The first-order chi connectivity index (χ1) is 12.1. The van der Waals surface area contributed by atoms with Crippen LogP contribution in [0, 0.1) is 6.92 Å². The molecule has 1 aliphatic rings. The Labute approximate surface area is 145 Å². The highest BCUT2D eigenvalue weighted by atomic mass is 16.2. The minimum Gasteiger partial charge on any atom is -0.384 e. The summed E-state index contributed by atoms with van der Waals surface area (Å²) in [4.78, 5) is 27.9. The molecule has 0 bridgehead atoms. The number of carbonyl (C=O) groups excluding carboxylic acids is 1. The SMILES string of the molecule is Cc1nc(N)cc(C2CCCN2C(=O)c2cnc3ccccc3c2)n1. The molecular weight excluding hydrogens is 314 g/mol. The van der Waals surface area contributed by atoms with Gasteiger partial charge in [-0.2, -0.15) is 0 Å². The van der Waals surface area contributed by atoms with Crippen molar-refractivity contribution in [2.75, 3.05) is 12.3 Å². The summed E-state index contributed by atoms with van der Waals surface area (Å²) in [5, 5.41) is 0.964. The molecule has 1 fully saturated rings. The molecule has 3 aromatic rings. The van der Waals surface area contributed by atoms with Crippen LogP contribution in [0.15, 0.2) is 42.6 Å². The fourth-order valence-corrected chi connectivity index (χ4v) is 3.46. The van der Waals surface area contributed by atoms with E-state index in [1.807, 2.05) is 42.2 Å². The number of hydrogen-bond acceptors (Lipinski definition) is 5. The Bertz CT molecular complexity index is 935. The zero-order chi connectivity index (χ0) is 17.4. The second-order valence-corrected chi connectivity index (χ2v) is 6.34. The van der Waals surface area contributed by atoms with E-state index >= 15 is 0 Å². The molecule has 1 aromatic carbocycles. The van der Waals surface area contributed by atoms with Gasteiger partial charge >= 0.3 is 0 Å². The lowest BCUT2D eigenvalue weighted by atomic mass is 10.1. The number of para-hydroxylation sites is 1. The van der Waals surface area contributed by atoms with Crippen molar-refractivity contribution in [3.63, 3.8) is 0 Å². The maximum Gasteiger partial charge on any atom is 0.256 e. The standard InChI is InChI=1S/C19H19N5O/c1-12-22-16(10-18(20)23-12)17-7-4-8-24(17)19(25)14-9-13-5-2-3-6-15(13)21-11-14/h2-3,5-6,9-11,17H,4,7-8H2,1H3,(H2,20,22,23). The third kappa shape index (κ3) is 2.91. The third-order valence-electron chi connectivity index (χ3n) is 4.57. The number of benzene rings is 1. The Hall–Kier alpha value is -3.02. The Morgan fingerprint density at radius 1 is 1.24 bits per heavy atom. The van der Waals surface area contributed by atoms with Gasteiger partial charge in [-0.3, -0.25) is 9.78 Å². The van der Waals surface area contributed by atoms with E-state index in [9.17, 15) is 4.79 Å². The summed E-state index contributed by atoms with van der Waals surface area (Å²) < 4.78 is 0. The Morgan fingerprint density at radius 3 is 2.92 bits per heavy atom. The number of nitrogens with zero attached hydrogens (tertiary/aromatic N) is 4. The van der Waals surface area contributed by atoms with E-state index in [1.54, 1.807) is 12.3 Å². The van der Waals surface area contributed by atoms with Gasteiger partial charge in [0.2, 0.25) is 0 Å². The summed E-state index contributed by atoms with van der Waals surface area (Å²) in [6.07, 6.45) is 3.47. The first kappa shape index (κ1) is 15.5. The molecule has 6 heteroatoms. The summed E-state index contributed by atoms with van der Waals surface area (Å²) >= 11 is 0. The number of likely N-dealkylation sites (tertiary alicyclic amines) is 1. The molecule has 2 aromatic heterocycles. The average Bonchev–Trinajstić information content (AvgIpc) is 3.09. The maximum atomic E-state index is 13.1. The summed E-state index contributed by atoms with van der Waals surface area (Å²) in [5.41, 5.74) is 8.15. The average molecular weight is 333 g/mol. The number of anilines is 1. The van der Waals surface area contributed by atoms with Gasteiger partial charge in [-0.1, -0.05) is 18.2 Å². The second-order valence-electron chi connectivity index (χ2n) is 6.34. The molecule has 1 unspecified atom stereocenters. The molecular formula is C19H19N5O. The predicted molar refractivity (Wildman–Crippen MR) is 95.9 cm³/mol. The van der Waals surface area contributed by atoms with Crippen molar-refractivity contribution in [2.45, 2.75) is 25.8 Å². The lowest BCUT2D eigenvalue weighted by molar-refractivity contribution is 0.0732. The van der Waals surface area contributed by atoms with Crippen LogP contribution >= 0.6 is 0 Å². The Balaban J connectivity index is 1.67. The lowest BCUT2D eigenvalue weighted by Crippen LogP contribution is -2.31. The fraction of sp³-hybridized carbons (Fsp3) is 0.263. The highest BCUT2D eigenvalue weighted by molar-refractivity contribution is 5.97. The van der Waals surface area contributed by atoms with E-state index in [2.05, 4.69) is 15.0 Å². The highest BCUT2D eigenvalue weighted by Crippen LogP contribution is 2.32. The van der Waals surface area contributed by atoms with Gasteiger partial charge in [-0.25, -0.2) is 9.97 Å². The van der Waals surface area contributed by atoms with Crippen LogP contribution in [0.3, 0.4) is 0 Å². The Kier molecular flexibility index (Phi) is 3.80. The van der Waals surface area contributed by atoms with Crippen LogP contribution in [0.25, 0.3) is 10.9 Å². The number of carbonyl (C=O) groups is 1. The van der Waals surface area contributed by atoms with Gasteiger partial charge in [-0.05, 0) is 31.9 Å². The normalized spacial score (nSPS) is 17.2. The largest absolute Gasteiger partial charge is 0.384 e. The number of nitrogen functional groups attached to an aromatic ring is 1. The number of nitrogens with two attached hydrogens (primary N) is 1. The molecule has 25 heavy (non-hydrogen) atoms. The summed E-state index contributed by atoms with van der Waals surface area (Å²) in [6.45, 7) is 2.52. The summed E-state index contributed by atoms with van der Waals surface area (Å²) in [5.74, 6) is 1.05. The van der Waals surface area contributed by atoms with Crippen molar-refractivity contribution in [2.24, 2.45) is 0 Å². The van der Waals surface area contributed by atoms with Crippen LogP contribution in [0.2, 0.25) is 0 Å². The molecule has 126 valence electrons. The van der Waals surface area contributed by atoms with Crippen LogP contribution < -0.4 is 5.73 Å². The zero-order valence-electron chi connectivity index (χ0n) is 14.0. The van der Waals surface area contributed by atoms with E-state index in [-0.39, 0.29) is 11.9 Å². The predicted octanol–water partition coefficient (Wildman–Crippen LogP) is 2.89. The van der Waals surface area contributed by atoms with Crippen LogP contribution in [0.4, 0.5) is 5.82 Å². The number of aryl methyl sites for hydroxylation is 1. The molecule has 6 nitrogen and oxygen atoms in total. The molecule has 2 N–H and O–H groups in total. The number of fused-ring (bicyclic) bond motifs is 1. The molecule has 1 atom stereocenters. The van der Waals surface area contributed by atoms with Crippen LogP contribution in [0.5, 0.6) is 0 Å². The molecule has 0 saturated carbocycles. The van der Waals surface area contributed by atoms with Gasteiger partial charge in [-0.15, -0.1) is 0 Å². The van der Waals surface area contributed by atoms with Crippen LogP contribution in [-0.4, -0.2) is 32.3 Å². The maximum absolute atomic E-state index is 13.1. The molecule has 1 aliphatic heterocycles. The monoisotopic (exact) mass is 333 g/mol. The third-order valence-corrected chi connectivity index (χ3v) is 4.57. The Morgan fingerprint density at radius 2 is 2.08 bits per heavy atom. The molecule has 1 amide bonds. The van der Waals surface area contributed by atoms with Crippen molar-refractivity contribution < 1.29 is 4.79 Å². The number of aromatic nitrogens is 3. The van der Waals surface area contributed by atoms with Crippen molar-refractivity contribution in [3.05, 3.63) is 59.7 Å². The van der Waals surface area contributed by atoms with Gasteiger partial charge in [0, 0.05) is 24.2 Å². The first-order valence-electron chi connectivity index (χ1n) is 8.38. The number of hydrogen-bond donors (Lipinski definition) is 1. The second kappa shape index (κ2) is 6.12. The van der Waals surface area contributed by atoms with E-state index in [0.29, 0.717) is 23.8 Å². The zero-order valence-corrected chi connectivity index (χ0v) is 14.0. The minimum absolute atomic E-state index is 0.0180. The van der Waals surface area contributed by atoms with E-state index in [4.69, 9.17) is 5.73 Å². The van der Waals surface area contributed by atoms with Crippen molar-refractivity contribution in [3.8, 4) is 0 Å². The van der Waals surface area contributed by atoms with Gasteiger partial charge in [0.05, 0.1) is 22.8 Å². The molecule has 0 spiro atoms. The topological polar surface area (TPSA) is 85.0 Å². The molecule has 4 rings (SSSR count). The number of rotatable bonds is 2. The van der Waals surface area contributed by atoms with Crippen molar-refractivity contribution in [1.29, 1.82) is 0 Å². The van der Waals surface area contributed by atoms with Gasteiger partial charge in [0.15, 0.2) is 0 Å². The number of pyridine rings is 1. The minimum atomic E-state index is -0.0667. The molecule has 0 aliphatic carbocycles. The molecule has 3 heterocycles. The lowest BCUT2D eigenvalue weighted by Gasteiger charge is -2.24. The molecule has 1 saturated heterocycles. The van der Waals surface area contributed by atoms with Gasteiger partial charge in [0.25, 0.3) is 5.91 Å². The van der Waals surface area contributed by atoms with Crippen molar-refractivity contribution in [1.82, 2.24) is 19.9 Å². The summed E-state index contributed by atoms with van der Waals surface area (Å²) in [7, 11) is 0. The number of amides is 1. The van der Waals surface area contributed by atoms with E-state index < -0.39 is 0 Å². The van der Waals surface area contributed by atoms with Crippen LogP contribution in [0.1, 0.15) is 40.8 Å². The highest BCUT2D eigenvalue weighted by Gasteiger charge is 2.32. The van der Waals surface area contributed by atoms with E-state index in [0.717, 1.165) is 29.4 Å². The fourth-order valence-electron chi connectivity index (χ4n) is 3.46. The quantitative estimate of drug-likeness (QED) is 0.779. The van der Waals surface area contributed by atoms with Gasteiger partial charge in [0.1, 0.15) is 11.6 Å². The van der Waals surface area contributed by atoms with Crippen molar-refractivity contribution >= 4 is 22.6 Å².